The molecule has 0 saturated carbocycles. The van der Waals surface area contributed by atoms with Gasteiger partial charge in [0.2, 0.25) is 0 Å². The minimum atomic E-state index is -0.791. The first-order valence-corrected chi connectivity index (χ1v) is 6.44. The number of morpholine rings is 1. The summed E-state index contributed by atoms with van der Waals surface area (Å²) in [5.41, 5.74) is 6.58. The molecule has 110 valence electrons. The lowest BCUT2D eigenvalue weighted by atomic mass is 10.2. The maximum absolute atomic E-state index is 11.7. The van der Waals surface area contributed by atoms with E-state index in [2.05, 4.69) is 0 Å². The van der Waals surface area contributed by atoms with Crippen molar-refractivity contribution >= 4 is 17.3 Å². The van der Waals surface area contributed by atoms with Crippen molar-refractivity contribution in [2.24, 2.45) is 5.73 Å². The Kier molecular flexibility index (Phi) is 4.91. The zero-order valence-corrected chi connectivity index (χ0v) is 11.1. The van der Waals surface area contributed by atoms with Crippen LogP contribution in [0.4, 0.5) is 11.4 Å². The molecule has 7 nitrogen and oxygen atoms in total. The van der Waals surface area contributed by atoms with Gasteiger partial charge in [0.05, 0.1) is 24.9 Å². The van der Waals surface area contributed by atoms with Gasteiger partial charge >= 0.3 is 0 Å². The maximum atomic E-state index is 11.7. The molecule has 1 heterocycles. The average molecular weight is 281 g/mol. The first kappa shape index (κ1) is 14.7. The second-order valence-electron chi connectivity index (χ2n) is 4.59. The van der Waals surface area contributed by atoms with Crippen molar-refractivity contribution in [3.8, 4) is 0 Å². The minimum Gasteiger partial charge on any atom is -0.390 e. The quantitative estimate of drug-likeness (QED) is 0.633. The van der Waals surface area contributed by atoms with Gasteiger partial charge in [0.15, 0.2) is 0 Å². The number of aliphatic hydroxyl groups is 1. The van der Waals surface area contributed by atoms with Crippen LogP contribution in [0.2, 0.25) is 0 Å². The van der Waals surface area contributed by atoms with Gasteiger partial charge in [-0.1, -0.05) is 0 Å². The Bertz CT molecular complexity index is 451. The first-order valence-electron chi connectivity index (χ1n) is 6.44. The number of hydroxylamine groups is 1. The first-order chi connectivity index (χ1) is 9.61. The fourth-order valence-corrected chi connectivity index (χ4v) is 1.98. The number of benzene rings is 1. The molecule has 1 fully saturated rings. The van der Waals surface area contributed by atoms with Crippen molar-refractivity contribution in [2.45, 2.75) is 6.10 Å². The Morgan fingerprint density at radius 2 is 2.10 bits per heavy atom. The Hall–Kier alpha value is -1.67. The molecular formula is C13H19N3O4. The lowest BCUT2D eigenvalue weighted by molar-refractivity contribution is -0.125. The molecule has 0 aromatic heterocycles. The molecule has 7 heteroatoms. The number of carbonyl (C=O) groups excluding carboxylic acids is 1. The number of hydrogen-bond acceptors (Lipinski definition) is 6. The smallest absolute Gasteiger partial charge is 0.253 e. The summed E-state index contributed by atoms with van der Waals surface area (Å²) >= 11 is 0. The summed E-state index contributed by atoms with van der Waals surface area (Å²) in [5.74, 6) is -0.0802. The molecule has 0 unspecified atom stereocenters. The van der Waals surface area contributed by atoms with Crippen LogP contribution < -0.4 is 15.7 Å². The molecule has 0 bridgehead atoms. The van der Waals surface area contributed by atoms with Crippen LogP contribution >= 0.6 is 0 Å². The zero-order valence-electron chi connectivity index (χ0n) is 11.1. The van der Waals surface area contributed by atoms with Crippen molar-refractivity contribution in [1.29, 1.82) is 0 Å². The number of rotatable bonds is 5. The molecule has 0 spiro atoms. The van der Waals surface area contributed by atoms with Gasteiger partial charge in [0.25, 0.3) is 5.91 Å². The number of carbonyl (C=O) groups is 1. The molecule has 1 saturated heterocycles. The van der Waals surface area contributed by atoms with E-state index in [0.29, 0.717) is 18.8 Å². The number of anilines is 2. The molecule has 0 radical (unpaired) electrons. The van der Waals surface area contributed by atoms with E-state index < -0.39 is 6.10 Å². The summed E-state index contributed by atoms with van der Waals surface area (Å²) in [6.07, 6.45) is -0.791. The highest BCUT2D eigenvalue weighted by molar-refractivity contribution is 5.94. The van der Waals surface area contributed by atoms with Gasteiger partial charge in [-0.15, -0.1) is 0 Å². The molecule has 4 N–H and O–H groups in total. The third kappa shape index (κ3) is 3.45. The van der Waals surface area contributed by atoms with E-state index in [-0.39, 0.29) is 25.6 Å². The van der Waals surface area contributed by atoms with Crippen molar-refractivity contribution < 1.29 is 19.8 Å². The van der Waals surface area contributed by atoms with Gasteiger partial charge in [-0.3, -0.25) is 15.1 Å². The van der Waals surface area contributed by atoms with Crippen LogP contribution in [-0.4, -0.2) is 55.2 Å². The van der Waals surface area contributed by atoms with E-state index in [1.54, 1.807) is 29.2 Å². The summed E-state index contributed by atoms with van der Waals surface area (Å²) in [6.45, 7) is 1.25. The van der Waals surface area contributed by atoms with E-state index in [0.717, 1.165) is 10.8 Å². The normalized spacial score (nSPS) is 17.1. The molecule has 0 aliphatic carbocycles. The van der Waals surface area contributed by atoms with Crippen LogP contribution in [0.3, 0.4) is 0 Å². The molecule has 2 rings (SSSR count). The Morgan fingerprint density at radius 1 is 1.40 bits per heavy atom. The van der Waals surface area contributed by atoms with Gasteiger partial charge in [0, 0.05) is 18.8 Å². The third-order valence-corrected chi connectivity index (χ3v) is 3.10. The van der Waals surface area contributed by atoms with Crippen molar-refractivity contribution in [3.63, 3.8) is 0 Å². The van der Waals surface area contributed by atoms with Gasteiger partial charge in [0.1, 0.15) is 6.61 Å². The highest BCUT2D eigenvalue weighted by atomic mass is 16.5. The largest absolute Gasteiger partial charge is 0.390 e. The topological polar surface area (TPSA) is 99.3 Å². The minimum absolute atomic E-state index is 0.0341. The summed E-state index contributed by atoms with van der Waals surface area (Å²) < 4.78 is 5.07. The standard InChI is InChI=1S/C13H19N3O4/c14-7-12(17)8-16(19)11-3-1-10(2-4-11)15-5-6-20-9-13(15)18/h1-4,12,17,19H,5-9,14H2/t12-/m0/s1. The molecule has 1 aliphatic rings. The molecule has 20 heavy (non-hydrogen) atoms. The third-order valence-electron chi connectivity index (χ3n) is 3.10. The second kappa shape index (κ2) is 6.67. The molecule has 1 atom stereocenters. The van der Waals surface area contributed by atoms with E-state index in [9.17, 15) is 15.1 Å². The Labute approximate surface area is 117 Å². The molecule has 1 aromatic carbocycles. The SMILES string of the molecule is NC[C@H](O)CN(O)c1ccc(N2CCOCC2=O)cc1. The van der Waals surface area contributed by atoms with Crippen LogP contribution in [0.5, 0.6) is 0 Å². The van der Waals surface area contributed by atoms with Crippen LogP contribution in [0.25, 0.3) is 0 Å². The maximum Gasteiger partial charge on any atom is 0.253 e. The number of hydrogen-bond donors (Lipinski definition) is 3. The zero-order chi connectivity index (χ0) is 14.5. The molecule has 1 aliphatic heterocycles. The highest BCUT2D eigenvalue weighted by Crippen LogP contribution is 2.21. The summed E-state index contributed by atoms with van der Waals surface area (Å²) in [4.78, 5) is 13.3. The highest BCUT2D eigenvalue weighted by Gasteiger charge is 2.20. The monoisotopic (exact) mass is 281 g/mol. The van der Waals surface area contributed by atoms with Crippen LogP contribution in [0.15, 0.2) is 24.3 Å². The van der Waals surface area contributed by atoms with E-state index in [1.165, 1.54) is 0 Å². The van der Waals surface area contributed by atoms with E-state index in [1.807, 2.05) is 0 Å². The summed E-state index contributed by atoms with van der Waals surface area (Å²) in [6, 6.07) is 6.86. The van der Waals surface area contributed by atoms with Gasteiger partial charge in [-0.25, -0.2) is 0 Å². The molecule has 1 amide bonds. The van der Waals surface area contributed by atoms with E-state index in [4.69, 9.17) is 10.5 Å². The predicted molar refractivity (Wildman–Crippen MR) is 73.8 cm³/mol. The molecule has 1 aromatic rings. The van der Waals surface area contributed by atoms with Gasteiger partial charge in [-0.2, -0.15) is 0 Å². The molecular weight excluding hydrogens is 262 g/mol. The summed E-state index contributed by atoms with van der Waals surface area (Å²) in [7, 11) is 0. The van der Waals surface area contributed by atoms with Crippen molar-refractivity contribution in [2.75, 3.05) is 42.8 Å². The van der Waals surface area contributed by atoms with Crippen molar-refractivity contribution in [1.82, 2.24) is 0 Å². The predicted octanol–water partition coefficient (Wildman–Crippen LogP) is -0.435. The Morgan fingerprint density at radius 3 is 2.70 bits per heavy atom. The van der Waals surface area contributed by atoms with Crippen LogP contribution in [0, 0.1) is 0 Å². The average Bonchev–Trinajstić information content (AvgIpc) is 2.47. The van der Waals surface area contributed by atoms with Crippen molar-refractivity contribution in [3.05, 3.63) is 24.3 Å². The van der Waals surface area contributed by atoms with E-state index >= 15 is 0 Å². The lowest BCUT2D eigenvalue weighted by Crippen LogP contribution is -2.41. The Balaban J connectivity index is 2.03. The fourth-order valence-electron chi connectivity index (χ4n) is 1.98. The number of aliphatic hydroxyl groups excluding tert-OH is 1. The van der Waals surface area contributed by atoms with Crippen LogP contribution in [0.1, 0.15) is 0 Å². The summed E-state index contributed by atoms with van der Waals surface area (Å²) in [5, 5.41) is 20.1. The number of nitrogens with two attached hydrogens (primary N) is 1. The number of nitrogens with zero attached hydrogens (tertiary/aromatic N) is 2. The van der Waals surface area contributed by atoms with Gasteiger partial charge in [-0.05, 0) is 24.3 Å². The number of amides is 1. The fraction of sp³-hybridized carbons (Fsp3) is 0.462. The lowest BCUT2D eigenvalue weighted by Gasteiger charge is -2.27. The van der Waals surface area contributed by atoms with Crippen LogP contribution in [-0.2, 0) is 9.53 Å². The number of ether oxygens (including phenoxy) is 1. The second-order valence-corrected chi connectivity index (χ2v) is 4.59. The van der Waals surface area contributed by atoms with Gasteiger partial charge < -0.3 is 20.5 Å².